The highest BCUT2D eigenvalue weighted by Gasteiger charge is 2.35. The molecule has 206 valence electrons. The Morgan fingerprint density at radius 1 is 1.21 bits per heavy atom. The minimum atomic E-state index is -4.42. The maximum atomic E-state index is 12.6. The lowest BCUT2D eigenvalue weighted by atomic mass is 9.81. The van der Waals surface area contributed by atoms with E-state index in [2.05, 4.69) is 39.0 Å². The van der Waals surface area contributed by atoms with Crippen LogP contribution in [0.25, 0.3) is 0 Å². The fourth-order valence-corrected chi connectivity index (χ4v) is 3.69. The summed E-state index contributed by atoms with van der Waals surface area (Å²) in [4.78, 5) is 26.7. The standard InChI is InChI=1S/C20H39N2O3.C2H6O4S.2CH4/c1-7-17(21-14-10-11-18(21)23)12-13-20(4,8-2)19(24)25-16-15-22(5,6)9-3;1-2-6-7(3,4)5;;/h17H,7-16H2,1-6H3;2H2,1H3,(H,3,4,5);2*1H4/q+1;;;/p-1. The number of quaternary nitrogens is 1. The number of hydrogen-bond acceptors (Lipinski definition) is 7. The summed E-state index contributed by atoms with van der Waals surface area (Å²) in [6.45, 7) is 12.9. The topological polar surface area (TPSA) is 113 Å². The van der Waals surface area contributed by atoms with Gasteiger partial charge in [0.1, 0.15) is 13.2 Å². The summed E-state index contributed by atoms with van der Waals surface area (Å²) in [7, 11) is -0.135. The Hall–Kier alpha value is -1.23. The van der Waals surface area contributed by atoms with Crippen molar-refractivity contribution in [3.05, 3.63) is 0 Å². The van der Waals surface area contributed by atoms with Gasteiger partial charge in [-0.15, -0.1) is 0 Å². The van der Waals surface area contributed by atoms with E-state index in [1.54, 1.807) is 0 Å². The molecule has 1 rings (SSSR count). The van der Waals surface area contributed by atoms with Gasteiger partial charge in [-0.3, -0.25) is 13.8 Å². The van der Waals surface area contributed by atoms with Crippen LogP contribution in [-0.2, 0) is 28.9 Å². The summed E-state index contributed by atoms with van der Waals surface area (Å²) in [6, 6.07) is 0.254. The van der Waals surface area contributed by atoms with E-state index in [0.717, 1.165) is 56.2 Å². The summed E-state index contributed by atoms with van der Waals surface area (Å²) in [5.74, 6) is 0.181. The third-order valence-electron chi connectivity index (χ3n) is 6.37. The van der Waals surface area contributed by atoms with Gasteiger partial charge in [0.15, 0.2) is 0 Å². The maximum absolute atomic E-state index is 12.6. The minimum absolute atomic E-state index is 0. The molecule has 2 atom stereocenters. The van der Waals surface area contributed by atoms with Crippen LogP contribution in [0.4, 0.5) is 0 Å². The largest absolute Gasteiger partial charge is 0.726 e. The highest BCUT2D eigenvalue weighted by molar-refractivity contribution is 7.80. The Kier molecular flexibility index (Phi) is 18.9. The number of amides is 1. The highest BCUT2D eigenvalue weighted by atomic mass is 32.3. The van der Waals surface area contributed by atoms with Gasteiger partial charge in [0.2, 0.25) is 16.3 Å². The zero-order valence-electron chi connectivity index (χ0n) is 21.0. The molecule has 1 aliphatic heterocycles. The summed E-state index contributed by atoms with van der Waals surface area (Å²) in [6.07, 6.45) is 5.00. The van der Waals surface area contributed by atoms with E-state index in [0.29, 0.717) is 13.0 Å². The Morgan fingerprint density at radius 3 is 2.15 bits per heavy atom. The van der Waals surface area contributed by atoms with Crippen LogP contribution in [0.15, 0.2) is 0 Å². The van der Waals surface area contributed by atoms with Crippen molar-refractivity contribution in [1.29, 1.82) is 0 Å². The predicted molar refractivity (Wildman–Crippen MR) is 136 cm³/mol. The van der Waals surface area contributed by atoms with Gasteiger partial charge in [-0.25, -0.2) is 8.42 Å². The van der Waals surface area contributed by atoms with Crippen LogP contribution in [0, 0.1) is 5.41 Å². The summed E-state index contributed by atoms with van der Waals surface area (Å²) in [5, 5.41) is 0. The van der Waals surface area contributed by atoms with Crippen molar-refractivity contribution in [3.63, 3.8) is 0 Å². The van der Waals surface area contributed by atoms with Crippen LogP contribution in [0.2, 0.25) is 0 Å². The lowest BCUT2D eigenvalue weighted by Crippen LogP contribution is -2.43. The number of carbonyl (C=O) groups is 2. The van der Waals surface area contributed by atoms with E-state index < -0.39 is 15.8 Å². The molecule has 0 aromatic carbocycles. The monoisotopic (exact) mass is 512 g/mol. The van der Waals surface area contributed by atoms with Gasteiger partial charge in [-0.2, -0.15) is 0 Å². The normalized spacial score (nSPS) is 16.4. The number of likely N-dealkylation sites (tertiary alicyclic amines) is 1. The first-order valence-corrected chi connectivity index (χ1v) is 13.0. The third-order valence-corrected chi connectivity index (χ3v) is 6.90. The first-order chi connectivity index (χ1) is 14.7. The zero-order chi connectivity index (χ0) is 25.0. The third kappa shape index (κ3) is 14.2. The number of carbonyl (C=O) groups excluding carboxylic acids is 2. The number of nitrogens with zero attached hydrogens (tertiary/aromatic N) is 2. The van der Waals surface area contributed by atoms with Crippen molar-refractivity contribution >= 4 is 22.3 Å². The van der Waals surface area contributed by atoms with E-state index in [1.165, 1.54) is 6.92 Å². The molecule has 34 heavy (non-hydrogen) atoms. The molecule has 1 amide bonds. The predicted octanol–water partition coefficient (Wildman–Crippen LogP) is 3.98. The number of hydrogen-bond donors (Lipinski definition) is 0. The number of ether oxygens (including phenoxy) is 1. The zero-order valence-corrected chi connectivity index (χ0v) is 21.8. The van der Waals surface area contributed by atoms with Gasteiger partial charge >= 0.3 is 5.97 Å². The molecule has 0 aliphatic carbocycles. The SMILES string of the molecule is C.C.CCC(CCC(C)(CC)C(=O)OCC[N+](C)(C)CC)N1CCCC1=O.CCOS(=O)(=O)[O-]. The molecule has 0 saturated carbocycles. The molecular weight excluding hydrogens is 460 g/mol. The van der Waals surface area contributed by atoms with Crippen molar-refractivity contribution in [2.24, 2.45) is 5.41 Å². The molecule has 0 aromatic heterocycles. The molecule has 2 unspecified atom stereocenters. The van der Waals surface area contributed by atoms with Crippen LogP contribution < -0.4 is 0 Å². The van der Waals surface area contributed by atoms with E-state index in [9.17, 15) is 22.6 Å². The fraction of sp³-hybridized carbons (Fsp3) is 0.917. The van der Waals surface area contributed by atoms with Crippen molar-refractivity contribution in [1.82, 2.24) is 4.90 Å². The second kappa shape index (κ2) is 17.2. The number of rotatable bonds is 13. The van der Waals surface area contributed by atoms with Crippen molar-refractivity contribution in [2.75, 3.05) is 46.9 Å². The van der Waals surface area contributed by atoms with Crippen LogP contribution in [0.3, 0.4) is 0 Å². The summed E-state index contributed by atoms with van der Waals surface area (Å²) >= 11 is 0. The molecule has 1 heterocycles. The Morgan fingerprint density at radius 2 is 1.79 bits per heavy atom. The van der Waals surface area contributed by atoms with Crippen molar-refractivity contribution in [3.8, 4) is 0 Å². The highest BCUT2D eigenvalue weighted by Crippen LogP contribution is 2.32. The molecule has 1 fully saturated rings. The quantitative estimate of drug-likeness (QED) is 0.159. The van der Waals surface area contributed by atoms with Gasteiger partial charge in [0, 0.05) is 19.0 Å². The number of likely N-dealkylation sites (N-methyl/N-ethyl adjacent to an activating group) is 1. The molecule has 0 bridgehead atoms. The molecule has 0 radical (unpaired) electrons. The van der Waals surface area contributed by atoms with Gasteiger partial charge in [-0.1, -0.05) is 28.7 Å². The Labute approximate surface area is 209 Å². The molecule has 9 nitrogen and oxygen atoms in total. The van der Waals surface area contributed by atoms with E-state index >= 15 is 0 Å². The Bertz CT molecular complexity index is 683. The van der Waals surface area contributed by atoms with Crippen LogP contribution in [0.1, 0.15) is 88.0 Å². The van der Waals surface area contributed by atoms with Crippen LogP contribution >= 0.6 is 0 Å². The first kappa shape index (κ1) is 37.3. The average Bonchev–Trinajstić information content (AvgIpc) is 3.13. The fourth-order valence-electron chi connectivity index (χ4n) is 3.41. The molecule has 0 aromatic rings. The summed E-state index contributed by atoms with van der Waals surface area (Å²) in [5.41, 5.74) is -0.459. The molecule has 10 heteroatoms. The van der Waals surface area contributed by atoms with Gasteiger partial charge in [-0.05, 0) is 52.9 Å². The van der Waals surface area contributed by atoms with Gasteiger partial charge in [0.25, 0.3) is 0 Å². The van der Waals surface area contributed by atoms with E-state index in [1.807, 2.05) is 11.8 Å². The van der Waals surface area contributed by atoms with Gasteiger partial charge < -0.3 is 18.7 Å². The van der Waals surface area contributed by atoms with Crippen molar-refractivity contribution in [2.45, 2.75) is 94.0 Å². The summed E-state index contributed by atoms with van der Waals surface area (Å²) < 4.78 is 38.5. The lowest BCUT2D eigenvalue weighted by Gasteiger charge is -2.32. The first-order valence-electron chi connectivity index (χ1n) is 11.6. The second-order valence-electron chi connectivity index (χ2n) is 9.13. The van der Waals surface area contributed by atoms with Gasteiger partial charge in [0.05, 0.1) is 32.7 Å². The molecule has 1 saturated heterocycles. The Balaban J connectivity index is -0.000000930. The number of esters is 1. The minimum Gasteiger partial charge on any atom is -0.726 e. The molecule has 0 N–H and O–H groups in total. The average molecular weight is 513 g/mol. The molecular formula is C24H52N2O7S. The smallest absolute Gasteiger partial charge is 0.311 e. The van der Waals surface area contributed by atoms with E-state index in [4.69, 9.17) is 4.74 Å². The lowest BCUT2D eigenvalue weighted by molar-refractivity contribution is -0.888. The molecule has 0 spiro atoms. The molecule has 1 aliphatic rings. The van der Waals surface area contributed by atoms with Crippen LogP contribution in [0.5, 0.6) is 0 Å². The van der Waals surface area contributed by atoms with Crippen LogP contribution in [-0.4, -0.2) is 87.2 Å². The van der Waals surface area contributed by atoms with Crippen molar-refractivity contribution < 1.29 is 36.0 Å². The van der Waals surface area contributed by atoms with E-state index in [-0.39, 0.29) is 39.4 Å². The second-order valence-corrected chi connectivity index (χ2v) is 10.2. The maximum Gasteiger partial charge on any atom is 0.311 e.